The number of rotatable bonds is 2. The summed E-state index contributed by atoms with van der Waals surface area (Å²) < 4.78 is 40.4. The summed E-state index contributed by atoms with van der Waals surface area (Å²) in [4.78, 5) is 20.9. The summed E-state index contributed by atoms with van der Waals surface area (Å²) in [5.74, 6) is -0.314. The second-order valence-corrected chi connectivity index (χ2v) is 6.91. The molecule has 1 aliphatic heterocycles. The second kappa shape index (κ2) is 6.86. The Balaban J connectivity index is 1.93. The normalized spacial score (nSPS) is 19.2. The molecule has 1 amide bonds. The zero-order chi connectivity index (χ0) is 19.1. The molecule has 9 heteroatoms. The molecule has 1 unspecified atom stereocenters. The van der Waals surface area contributed by atoms with Crippen LogP contribution in [0.5, 0.6) is 0 Å². The second-order valence-electron chi connectivity index (χ2n) is 6.91. The number of amides is 1. The van der Waals surface area contributed by atoms with Crippen molar-refractivity contribution in [1.82, 2.24) is 24.4 Å². The van der Waals surface area contributed by atoms with Crippen LogP contribution in [0.15, 0.2) is 12.3 Å². The van der Waals surface area contributed by atoms with E-state index in [1.165, 1.54) is 13.1 Å². The highest BCUT2D eigenvalue weighted by Crippen LogP contribution is 2.30. The van der Waals surface area contributed by atoms with Crippen molar-refractivity contribution in [1.29, 1.82) is 0 Å². The first-order valence-corrected chi connectivity index (χ1v) is 8.56. The van der Waals surface area contributed by atoms with E-state index in [9.17, 15) is 18.0 Å². The number of fused-ring (bicyclic) bond motifs is 1. The smallest absolute Gasteiger partial charge is 0.338 e. The molecule has 0 aliphatic carbocycles. The number of aryl methyl sites for hydroxylation is 1. The first-order valence-electron chi connectivity index (χ1n) is 8.56. The van der Waals surface area contributed by atoms with Gasteiger partial charge in [-0.1, -0.05) is 0 Å². The molecule has 26 heavy (non-hydrogen) atoms. The van der Waals surface area contributed by atoms with Crippen molar-refractivity contribution >= 4 is 11.6 Å². The fraction of sp³-hybridized carbons (Fsp3) is 0.588. The monoisotopic (exact) mass is 369 g/mol. The maximum Gasteiger partial charge on any atom is 0.433 e. The van der Waals surface area contributed by atoms with Gasteiger partial charge in [-0.3, -0.25) is 4.79 Å². The number of halogens is 3. The first kappa shape index (κ1) is 18.6. The molecule has 3 rings (SSSR count). The molecule has 0 bridgehead atoms. The SMILES string of the molecule is Cc1cc(C(F)(F)F)n2ncc(C(=O)N3CCCC(N(C)C)CC3)c2n1. The Labute approximate surface area is 149 Å². The van der Waals surface area contributed by atoms with Crippen LogP contribution in [0.3, 0.4) is 0 Å². The molecular formula is C17H22F3N5O. The van der Waals surface area contributed by atoms with Crippen molar-refractivity contribution in [2.45, 2.75) is 38.4 Å². The quantitative estimate of drug-likeness (QED) is 0.817. The summed E-state index contributed by atoms with van der Waals surface area (Å²) in [5.41, 5.74) is -0.663. The topological polar surface area (TPSA) is 53.7 Å². The van der Waals surface area contributed by atoms with Gasteiger partial charge in [0.1, 0.15) is 11.3 Å². The largest absolute Gasteiger partial charge is 0.433 e. The summed E-state index contributed by atoms with van der Waals surface area (Å²) in [5, 5.41) is 3.79. The standard InChI is InChI=1S/C17H22F3N5O/c1-11-9-14(17(18,19)20)25-15(22-11)13(10-21-25)16(26)24-7-4-5-12(6-8-24)23(2)3/h9-10,12H,4-8H2,1-3H3. The minimum absolute atomic E-state index is 0.0456. The number of aromatic nitrogens is 3. The lowest BCUT2D eigenvalue weighted by Crippen LogP contribution is -2.33. The van der Waals surface area contributed by atoms with Crippen molar-refractivity contribution < 1.29 is 18.0 Å². The summed E-state index contributed by atoms with van der Waals surface area (Å²) in [6.45, 7) is 2.62. The van der Waals surface area contributed by atoms with E-state index in [-0.39, 0.29) is 22.8 Å². The number of carbonyl (C=O) groups excluding carboxylic acids is 1. The maximum absolute atomic E-state index is 13.2. The minimum Gasteiger partial charge on any atom is -0.338 e. The Kier molecular flexibility index (Phi) is 4.92. The van der Waals surface area contributed by atoms with E-state index in [0.717, 1.165) is 25.3 Å². The molecule has 0 saturated carbocycles. The van der Waals surface area contributed by atoms with Crippen LogP contribution in [-0.2, 0) is 6.18 Å². The van der Waals surface area contributed by atoms with Crippen LogP contribution >= 0.6 is 0 Å². The van der Waals surface area contributed by atoms with Gasteiger partial charge < -0.3 is 9.80 Å². The van der Waals surface area contributed by atoms with Gasteiger partial charge in [0.2, 0.25) is 0 Å². The number of alkyl halides is 3. The highest BCUT2D eigenvalue weighted by atomic mass is 19.4. The van der Waals surface area contributed by atoms with Crippen molar-refractivity contribution in [2.75, 3.05) is 27.2 Å². The van der Waals surface area contributed by atoms with E-state index in [1.807, 2.05) is 14.1 Å². The molecule has 0 spiro atoms. The molecule has 2 aromatic rings. The van der Waals surface area contributed by atoms with Crippen LogP contribution < -0.4 is 0 Å². The Morgan fingerprint density at radius 3 is 2.65 bits per heavy atom. The Morgan fingerprint density at radius 1 is 1.27 bits per heavy atom. The van der Waals surface area contributed by atoms with E-state index in [2.05, 4.69) is 15.0 Å². The summed E-state index contributed by atoms with van der Waals surface area (Å²) >= 11 is 0. The van der Waals surface area contributed by atoms with Crippen molar-refractivity contribution in [3.63, 3.8) is 0 Å². The lowest BCUT2D eigenvalue weighted by Gasteiger charge is -2.23. The van der Waals surface area contributed by atoms with E-state index in [1.54, 1.807) is 4.90 Å². The zero-order valence-electron chi connectivity index (χ0n) is 15.0. The van der Waals surface area contributed by atoms with E-state index in [4.69, 9.17) is 0 Å². The van der Waals surface area contributed by atoms with Gasteiger partial charge in [0.25, 0.3) is 5.91 Å². The summed E-state index contributed by atoms with van der Waals surface area (Å²) in [7, 11) is 4.03. The fourth-order valence-corrected chi connectivity index (χ4v) is 3.41. The Hall–Kier alpha value is -2.16. The number of likely N-dealkylation sites (tertiary alicyclic amines) is 1. The number of hydrogen-bond acceptors (Lipinski definition) is 4. The van der Waals surface area contributed by atoms with Crippen LogP contribution in [0.2, 0.25) is 0 Å². The third-order valence-electron chi connectivity index (χ3n) is 4.84. The molecule has 0 radical (unpaired) electrons. The van der Waals surface area contributed by atoms with Gasteiger partial charge >= 0.3 is 6.18 Å². The van der Waals surface area contributed by atoms with E-state index >= 15 is 0 Å². The van der Waals surface area contributed by atoms with Gasteiger partial charge in [0, 0.05) is 24.8 Å². The average Bonchev–Trinajstić information content (AvgIpc) is 2.80. The van der Waals surface area contributed by atoms with Crippen LogP contribution in [0.25, 0.3) is 5.65 Å². The first-order chi connectivity index (χ1) is 12.2. The van der Waals surface area contributed by atoms with E-state index in [0.29, 0.717) is 23.6 Å². The molecule has 142 valence electrons. The minimum atomic E-state index is -4.57. The average molecular weight is 369 g/mol. The van der Waals surface area contributed by atoms with Gasteiger partial charge in [0.15, 0.2) is 5.65 Å². The number of hydrogen-bond donors (Lipinski definition) is 0. The number of carbonyl (C=O) groups is 1. The molecule has 0 N–H and O–H groups in total. The highest BCUT2D eigenvalue weighted by molar-refractivity contribution is 5.99. The lowest BCUT2D eigenvalue weighted by atomic mass is 10.1. The van der Waals surface area contributed by atoms with Gasteiger partial charge in [-0.15, -0.1) is 0 Å². The molecule has 0 aromatic carbocycles. The summed E-state index contributed by atoms with van der Waals surface area (Å²) in [6.07, 6.45) is -0.707. The van der Waals surface area contributed by atoms with Gasteiger partial charge in [-0.05, 0) is 46.3 Å². The van der Waals surface area contributed by atoms with Crippen LogP contribution in [0.4, 0.5) is 13.2 Å². The molecule has 1 aliphatic rings. The van der Waals surface area contributed by atoms with Gasteiger partial charge in [0.05, 0.1) is 6.20 Å². The van der Waals surface area contributed by atoms with Crippen molar-refractivity contribution in [2.24, 2.45) is 0 Å². The van der Waals surface area contributed by atoms with Crippen LogP contribution in [-0.4, -0.2) is 63.5 Å². The Bertz CT molecular complexity index is 815. The molecule has 3 heterocycles. The van der Waals surface area contributed by atoms with Crippen LogP contribution in [0, 0.1) is 6.92 Å². The lowest BCUT2D eigenvalue weighted by molar-refractivity contribution is -0.142. The molecule has 1 fully saturated rings. The molecule has 2 aromatic heterocycles. The molecule has 6 nitrogen and oxygen atoms in total. The third kappa shape index (κ3) is 3.53. The van der Waals surface area contributed by atoms with Crippen LogP contribution in [0.1, 0.15) is 41.0 Å². The molecular weight excluding hydrogens is 347 g/mol. The molecule has 1 saturated heterocycles. The van der Waals surface area contributed by atoms with Crippen molar-refractivity contribution in [3.8, 4) is 0 Å². The maximum atomic E-state index is 13.2. The predicted molar refractivity (Wildman–Crippen MR) is 90.0 cm³/mol. The van der Waals surface area contributed by atoms with Crippen molar-refractivity contribution in [3.05, 3.63) is 29.2 Å². The fourth-order valence-electron chi connectivity index (χ4n) is 3.41. The predicted octanol–water partition coefficient (Wildman–Crippen LogP) is 2.61. The Morgan fingerprint density at radius 2 is 2.00 bits per heavy atom. The zero-order valence-corrected chi connectivity index (χ0v) is 15.0. The van der Waals surface area contributed by atoms with Gasteiger partial charge in [-0.2, -0.15) is 18.3 Å². The number of nitrogens with zero attached hydrogens (tertiary/aromatic N) is 5. The molecule has 1 atom stereocenters. The van der Waals surface area contributed by atoms with Gasteiger partial charge in [-0.25, -0.2) is 9.50 Å². The highest BCUT2D eigenvalue weighted by Gasteiger charge is 2.36. The van der Waals surface area contributed by atoms with E-state index < -0.39 is 11.9 Å². The third-order valence-corrected chi connectivity index (χ3v) is 4.84. The summed E-state index contributed by atoms with van der Waals surface area (Å²) in [6, 6.07) is 1.33.